The summed E-state index contributed by atoms with van der Waals surface area (Å²) in [6.07, 6.45) is 0. The summed E-state index contributed by atoms with van der Waals surface area (Å²) < 4.78 is 0. The van der Waals surface area contributed by atoms with E-state index < -0.39 is 11.4 Å². The minimum Gasteiger partial charge on any atom is -0.481 e. The quantitative estimate of drug-likeness (QED) is 0.645. The molecule has 3 heteroatoms. The first-order valence-corrected chi connectivity index (χ1v) is 3.83. The van der Waals surface area contributed by atoms with Crippen molar-refractivity contribution in [1.29, 1.82) is 0 Å². The number of nitrogens with one attached hydrogen (secondary N) is 1. The van der Waals surface area contributed by atoms with Gasteiger partial charge in [-0.25, -0.2) is 0 Å². The highest BCUT2D eigenvalue weighted by molar-refractivity contribution is 5.73. The van der Waals surface area contributed by atoms with E-state index in [1.54, 1.807) is 13.8 Å². The molecule has 0 saturated heterocycles. The standard InChI is InChI=1S/C8H17NO2/c1-6(2)9-5-8(3,4)7(10)11/h6,9H,5H2,1-4H3,(H,10,11). The molecule has 0 aromatic rings. The first-order chi connectivity index (χ1) is 4.86. The van der Waals surface area contributed by atoms with Crippen LogP contribution in [0, 0.1) is 5.41 Å². The maximum atomic E-state index is 10.6. The van der Waals surface area contributed by atoms with Crippen molar-refractivity contribution in [2.75, 3.05) is 6.54 Å². The summed E-state index contributed by atoms with van der Waals surface area (Å²) >= 11 is 0. The lowest BCUT2D eigenvalue weighted by Gasteiger charge is -2.20. The predicted molar refractivity (Wildman–Crippen MR) is 44.6 cm³/mol. The van der Waals surface area contributed by atoms with Crippen LogP contribution in [0.2, 0.25) is 0 Å². The second kappa shape index (κ2) is 3.72. The van der Waals surface area contributed by atoms with Gasteiger partial charge in [0.2, 0.25) is 0 Å². The summed E-state index contributed by atoms with van der Waals surface area (Å²) in [4.78, 5) is 10.6. The smallest absolute Gasteiger partial charge is 0.310 e. The third-order valence-electron chi connectivity index (χ3n) is 1.53. The zero-order valence-corrected chi connectivity index (χ0v) is 7.64. The first-order valence-electron chi connectivity index (χ1n) is 3.83. The van der Waals surface area contributed by atoms with Gasteiger partial charge in [0.15, 0.2) is 0 Å². The normalized spacial score (nSPS) is 12.1. The number of hydrogen-bond acceptors (Lipinski definition) is 2. The van der Waals surface area contributed by atoms with Gasteiger partial charge >= 0.3 is 5.97 Å². The van der Waals surface area contributed by atoms with Crippen LogP contribution in [0.3, 0.4) is 0 Å². The van der Waals surface area contributed by atoms with Crippen molar-refractivity contribution in [2.45, 2.75) is 33.7 Å². The van der Waals surface area contributed by atoms with Crippen molar-refractivity contribution in [3.63, 3.8) is 0 Å². The highest BCUT2D eigenvalue weighted by Gasteiger charge is 2.26. The molecule has 0 heterocycles. The number of carboxylic acid groups (broad SMARTS) is 1. The van der Waals surface area contributed by atoms with Crippen molar-refractivity contribution in [3.05, 3.63) is 0 Å². The molecular formula is C8H17NO2. The molecule has 0 amide bonds. The van der Waals surface area contributed by atoms with Gasteiger partial charge in [0.05, 0.1) is 5.41 Å². The van der Waals surface area contributed by atoms with Crippen LogP contribution in [0.1, 0.15) is 27.7 Å². The average Bonchev–Trinajstić information content (AvgIpc) is 1.84. The minimum absolute atomic E-state index is 0.341. The van der Waals surface area contributed by atoms with E-state index in [-0.39, 0.29) is 0 Å². The third kappa shape index (κ3) is 3.98. The van der Waals surface area contributed by atoms with E-state index in [0.29, 0.717) is 12.6 Å². The molecular weight excluding hydrogens is 142 g/mol. The zero-order valence-electron chi connectivity index (χ0n) is 7.64. The lowest BCUT2D eigenvalue weighted by atomic mass is 9.94. The molecule has 66 valence electrons. The van der Waals surface area contributed by atoms with E-state index in [4.69, 9.17) is 5.11 Å². The molecule has 0 aliphatic carbocycles. The molecule has 0 fully saturated rings. The number of carbonyl (C=O) groups is 1. The van der Waals surface area contributed by atoms with Crippen LogP contribution < -0.4 is 5.32 Å². The van der Waals surface area contributed by atoms with Gasteiger partial charge in [-0.15, -0.1) is 0 Å². The van der Waals surface area contributed by atoms with Gasteiger partial charge in [-0.3, -0.25) is 4.79 Å². The molecule has 0 aromatic carbocycles. The van der Waals surface area contributed by atoms with Crippen molar-refractivity contribution in [3.8, 4) is 0 Å². The van der Waals surface area contributed by atoms with Gasteiger partial charge in [-0.05, 0) is 13.8 Å². The van der Waals surface area contributed by atoms with Crippen molar-refractivity contribution < 1.29 is 9.90 Å². The van der Waals surface area contributed by atoms with E-state index in [2.05, 4.69) is 5.32 Å². The number of rotatable bonds is 4. The lowest BCUT2D eigenvalue weighted by molar-refractivity contribution is -0.146. The second-order valence-corrected chi connectivity index (χ2v) is 3.72. The Morgan fingerprint density at radius 3 is 2.27 bits per heavy atom. The highest BCUT2D eigenvalue weighted by atomic mass is 16.4. The number of aliphatic carboxylic acids is 1. The molecule has 0 aliphatic rings. The van der Waals surface area contributed by atoms with Crippen LogP contribution >= 0.6 is 0 Å². The molecule has 2 N–H and O–H groups in total. The SMILES string of the molecule is CC(C)NCC(C)(C)C(=O)O. The molecule has 0 atom stereocenters. The Balaban J connectivity index is 3.83. The van der Waals surface area contributed by atoms with Crippen LogP contribution in [0.4, 0.5) is 0 Å². The van der Waals surface area contributed by atoms with E-state index in [1.165, 1.54) is 0 Å². The number of hydrogen-bond donors (Lipinski definition) is 2. The second-order valence-electron chi connectivity index (χ2n) is 3.72. The van der Waals surface area contributed by atoms with Gasteiger partial charge < -0.3 is 10.4 Å². The van der Waals surface area contributed by atoms with E-state index in [1.807, 2.05) is 13.8 Å². The van der Waals surface area contributed by atoms with Gasteiger partial charge in [0, 0.05) is 12.6 Å². The summed E-state index contributed by atoms with van der Waals surface area (Å²) in [6.45, 7) is 7.94. The van der Waals surface area contributed by atoms with Gasteiger partial charge in [-0.1, -0.05) is 13.8 Å². The highest BCUT2D eigenvalue weighted by Crippen LogP contribution is 2.13. The Morgan fingerprint density at radius 2 is 2.00 bits per heavy atom. The van der Waals surface area contributed by atoms with E-state index in [0.717, 1.165) is 0 Å². The molecule has 0 aromatic heterocycles. The lowest BCUT2D eigenvalue weighted by Crippen LogP contribution is -2.38. The number of carboxylic acids is 1. The Labute approximate surface area is 67.8 Å². The van der Waals surface area contributed by atoms with E-state index >= 15 is 0 Å². The fourth-order valence-electron chi connectivity index (χ4n) is 0.535. The molecule has 0 spiro atoms. The summed E-state index contributed by atoms with van der Waals surface area (Å²) in [5, 5.41) is 11.8. The Kier molecular flexibility index (Phi) is 3.52. The fourth-order valence-corrected chi connectivity index (χ4v) is 0.535. The molecule has 0 unspecified atom stereocenters. The van der Waals surface area contributed by atoms with Gasteiger partial charge in [0.1, 0.15) is 0 Å². The molecule has 0 bridgehead atoms. The molecule has 3 nitrogen and oxygen atoms in total. The van der Waals surface area contributed by atoms with Crippen molar-refractivity contribution in [1.82, 2.24) is 5.32 Å². The summed E-state index contributed by atoms with van der Waals surface area (Å²) in [7, 11) is 0. The predicted octanol–water partition coefficient (Wildman–Crippen LogP) is 1.10. The van der Waals surface area contributed by atoms with Crippen LogP contribution in [0.5, 0.6) is 0 Å². The molecule has 0 radical (unpaired) electrons. The molecule has 0 saturated carbocycles. The van der Waals surface area contributed by atoms with Crippen LogP contribution in [-0.4, -0.2) is 23.7 Å². The summed E-state index contributed by atoms with van der Waals surface area (Å²) in [5.74, 6) is -0.759. The Hall–Kier alpha value is -0.570. The topological polar surface area (TPSA) is 49.3 Å². The molecule has 0 aliphatic heterocycles. The Morgan fingerprint density at radius 1 is 1.55 bits per heavy atom. The van der Waals surface area contributed by atoms with Crippen molar-refractivity contribution >= 4 is 5.97 Å². The summed E-state index contributed by atoms with van der Waals surface area (Å²) in [5.41, 5.74) is -0.662. The fraction of sp³-hybridized carbons (Fsp3) is 0.875. The van der Waals surface area contributed by atoms with Crippen molar-refractivity contribution in [2.24, 2.45) is 5.41 Å². The minimum atomic E-state index is -0.759. The summed E-state index contributed by atoms with van der Waals surface area (Å²) in [6, 6.07) is 0.341. The first kappa shape index (κ1) is 10.4. The van der Waals surface area contributed by atoms with Crippen LogP contribution in [0.25, 0.3) is 0 Å². The molecule has 11 heavy (non-hydrogen) atoms. The molecule has 0 rings (SSSR count). The maximum Gasteiger partial charge on any atom is 0.310 e. The van der Waals surface area contributed by atoms with Crippen LogP contribution in [0.15, 0.2) is 0 Å². The third-order valence-corrected chi connectivity index (χ3v) is 1.53. The van der Waals surface area contributed by atoms with Gasteiger partial charge in [0.25, 0.3) is 0 Å². The van der Waals surface area contributed by atoms with Gasteiger partial charge in [-0.2, -0.15) is 0 Å². The monoisotopic (exact) mass is 159 g/mol. The van der Waals surface area contributed by atoms with E-state index in [9.17, 15) is 4.79 Å². The average molecular weight is 159 g/mol. The van der Waals surface area contributed by atoms with Crippen LogP contribution in [-0.2, 0) is 4.79 Å². The maximum absolute atomic E-state index is 10.6. The zero-order chi connectivity index (χ0) is 9.07. The Bertz CT molecular complexity index is 141. The largest absolute Gasteiger partial charge is 0.481 e.